The Hall–Kier alpha value is -3.50. The number of carbonyl (C=O) groups is 2. The Labute approximate surface area is 172 Å². The quantitative estimate of drug-likeness (QED) is 0.418. The molecule has 0 aliphatic rings. The molecular weight excluding hydrogens is 398 g/mol. The van der Waals surface area contributed by atoms with Crippen LogP contribution in [0.3, 0.4) is 0 Å². The van der Waals surface area contributed by atoms with Crippen molar-refractivity contribution in [2.45, 2.75) is 45.7 Å². The first kappa shape index (κ1) is 22.8. The van der Waals surface area contributed by atoms with Gasteiger partial charge in [-0.25, -0.2) is 18.6 Å². The van der Waals surface area contributed by atoms with E-state index in [0.29, 0.717) is 12.8 Å². The highest BCUT2D eigenvalue weighted by molar-refractivity contribution is 5.98. The normalized spacial score (nSPS) is 12.7. The van der Waals surface area contributed by atoms with Gasteiger partial charge in [0.15, 0.2) is 11.6 Å². The minimum Gasteiger partial charge on any atom is -0.465 e. The number of primary amides is 1. The number of anilines is 3. The summed E-state index contributed by atoms with van der Waals surface area (Å²) in [6, 6.07) is 1.05. The average Bonchev–Trinajstić information content (AvgIpc) is 2.65. The molecule has 0 radical (unpaired) electrons. The minimum absolute atomic E-state index is 0.0921. The fraction of sp³-hybridized carbons (Fsp3) is 0.368. The number of carbonyl (C=O) groups excluding carboxylic acids is 1. The molecule has 2 heterocycles. The van der Waals surface area contributed by atoms with Crippen molar-refractivity contribution in [3.63, 3.8) is 0 Å². The first-order valence-electron chi connectivity index (χ1n) is 9.27. The SMILES string of the molecule is CCC[C@@H](Nc1nc(Nc2cnc(C)c(F)c2)c(C(N)=O)cc1F)[C@H](C)NC(=O)O. The van der Waals surface area contributed by atoms with Gasteiger partial charge in [0.2, 0.25) is 0 Å². The number of rotatable bonds is 9. The number of nitrogens with two attached hydrogens (primary N) is 1. The summed E-state index contributed by atoms with van der Waals surface area (Å²) in [7, 11) is 0. The van der Waals surface area contributed by atoms with Crippen molar-refractivity contribution in [1.29, 1.82) is 0 Å². The summed E-state index contributed by atoms with van der Waals surface area (Å²) in [5.41, 5.74) is 5.47. The number of hydrogen-bond acceptors (Lipinski definition) is 6. The summed E-state index contributed by atoms with van der Waals surface area (Å²) in [4.78, 5) is 30.7. The van der Waals surface area contributed by atoms with E-state index in [2.05, 4.69) is 25.9 Å². The van der Waals surface area contributed by atoms with Crippen LogP contribution in [0.15, 0.2) is 18.3 Å². The number of amides is 2. The van der Waals surface area contributed by atoms with E-state index in [4.69, 9.17) is 10.8 Å². The van der Waals surface area contributed by atoms with E-state index in [1.54, 1.807) is 6.92 Å². The van der Waals surface area contributed by atoms with E-state index < -0.39 is 35.7 Å². The second kappa shape index (κ2) is 9.81. The fourth-order valence-corrected chi connectivity index (χ4v) is 2.81. The van der Waals surface area contributed by atoms with Crippen LogP contribution in [0.4, 0.5) is 30.9 Å². The molecule has 11 heteroatoms. The van der Waals surface area contributed by atoms with Gasteiger partial charge in [0.25, 0.3) is 5.91 Å². The molecule has 0 fully saturated rings. The van der Waals surface area contributed by atoms with Gasteiger partial charge in [-0.3, -0.25) is 9.78 Å². The number of hydrogen-bond donors (Lipinski definition) is 5. The first-order valence-corrected chi connectivity index (χ1v) is 9.27. The Morgan fingerprint density at radius 3 is 2.50 bits per heavy atom. The van der Waals surface area contributed by atoms with Crippen LogP contribution in [0.25, 0.3) is 0 Å². The lowest BCUT2D eigenvalue weighted by molar-refractivity contribution is 0.100. The predicted molar refractivity (Wildman–Crippen MR) is 108 cm³/mol. The van der Waals surface area contributed by atoms with Crippen molar-refractivity contribution in [3.8, 4) is 0 Å². The van der Waals surface area contributed by atoms with Crippen LogP contribution in [-0.2, 0) is 0 Å². The lowest BCUT2D eigenvalue weighted by Gasteiger charge is -2.26. The monoisotopic (exact) mass is 422 g/mol. The van der Waals surface area contributed by atoms with Crippen LogP contribution >= 0.6 is 0 Å². The number of carboxylic acid groups (broad SMARTS) is 1. The van der Waals surface area contributed by atoms with E-state index >= 15 is 0 Å². The molecular formula is C19H24F2N6O3. The zero-order valence-electron chi connectivity index (χ0n) is 16.8. The van der Waals surface area contributed by atoms with Crippen LogP contribution in [0.1, 0.15) is 42.7 Å². The molecule has 30 heavy (non-hydrogen) atoms. The predicted octanol–water partition coefficient (Wildman–Crippen LogP) is 3.14. The number of halogens is 2. The highest BCUT2D eigenvalue weighted by atomic mass is 19.1. The molecule has 2 rings (SSSR count). The van der Waals surface area contributed by atoms with E-state index in [-0.39, 0.29) is 28.6 Å². The summed E-state index contributed by atoms with van der Waals surface area (Å²) in [5.74, 6) is -2.64. The minimum atomic E-state index is -1.21. The Morgan fingerprint density at radius 1 is 1.23 bits per heavy atom. The molecule has 9 nitrogen and oxygen atoms in total. The smallest absolute Gasteiger partial charge is 0.404 e. The van der Waals surface area contributed by atoms with Gasteiger partial charge in [-0.1, -0.05) is 13.3 Å². The number of nitrogens with one attached hydrogen (secondary N) is 3. The first-order chi connectivity index (χ1) is 14.1. The molecule has 0 aliphatic carbocycles. The van der Waals surface area contributed by atoms with Crippen molar-refractivity contribution >= 4 is 29.3 Å². The van der Waals surface area contributed by atoms with Gasteiger partial charge in [0.1, 0.15) is 11.6 Å². The molecule has 0 spiro atoms. The second-order valence-electron chi connectivity index (χ2n) is 6.77. The Balaban J connectivity index is 2.40. The van der Waals surface area contributed by atoms with Crippen LogP contribution < -0.4 is 21.7 Å². The summed E-state index contributed by atoms with van der Waals surface area (Å²) < 4.78 is 28.4. The molecule has 0 aromatic carbocycles. The largest absolute Gasteiger partial charge is 0.465 e. The molecule has 2 aromatic heterocycles. The average molecular weight is 422 g/mol. The zero-order valence-corrected chi connectivity index (χ0v) is 16.8. The molecule has 162 valence electrons. The van der Waals surface area contributed by atoms with Crippen LogP contribution in [0, 0.1) is 18.6 Å². The third-order valence-corrected chi connectivity index (χ3v) is 4.41. The molecule has 6 N–H and O–H groups in total. The van der Waals surface area contributed by atoms with E-state index in [0.717, 1.165) is 12.1 Å². The van der Waals surface area contributed by atoms with Gasteiger partial charge >= 0.3 is 6.09 Å². The Kier molecular flexibility index (Phi) is 7.45. The van der Waals surface area contributed by atoms with Gasteiger partial charge in [0, 0.05) is 18.2 Å². The van der Waals surface area contributed by atoms with Gasteiger partial charge in [-0.05, 0) is 26.3 Å². The molecule has 2 amide bonds. The van der Waals surface area contributed by atoms with Crippen LogP contribution in [0.2, 0.25) is 0 Å². The third kappa shape index (κ3) is 5.75. The molecule has 2 atom stereocenters. The third-order valence-electron chi connectivity index (χ3n) is 4.41. The van der Waals surface area contributed by atoms with Gasteiger partial charge < -0.3 is 26.8 Å². The summed E-state index contributed by atoms with van der Waals surface area (Å²) in [6.07, 6.45) is 1.35. The summed E-state index contributed by atoms with van der Waals surface area (Å²) in [5, 5.41) is 16.9. The topological polar surface area (TPSA) is 142 Å². The van der Waals surface area contributed by atoms with E-state index in [1.807, 2.05) is 6.92 Å². The lowest BCUT2D eigenvalue weighted by atomic mass is 10.0. The molecule has 0 unspecified atom stereocenters. The standard InChI is InChI=1S/C19H24F2N6O3/c1-4-5-15(10(3)24-19(29)30)26-18-14(21)7-12(16(22)28)17(27-18)25-11-6-13(20)9(2)23-8-11/h6-8,10,15,24H,4-5H2,1-3H3,(H2,22,28)(H,29,30)(H2,25,26,27)/t10-,15+/m0/s1. The fourth-order valence-electron chi connectivity index (χ4n) is 2.81. The zero-order chi connectivity index (χ0) is 22.4. The maximum Gasteiger partial charge on any atom is 0.404 e. The van der Waals surface area contributed by atoms with Crippen LogP contribution in [0.5, 0.6) is 0 Å². The number of aryl methyl sites for hydroxylation is 1. The number of aromatic nitrogens is 2. The summed E-state index contributed by atoms with van der Waals surface area (Å²) in [6.45, 7) is 5.03. The van der Waals surface area contributed by atoms with Crippen molar-refractivity contribution in [2.24, 2.45) is 5.73 Å². The Morgan fingerprint density at radius 2 is 1.93 bits per heavy atom. The second-order valence-corrected chi connectivity index (χ2v) is 6.77. The van der Waals surface area contributed by atoms with Gasteiger partial charge in [-0.2, -0.15) is 0 Å². The van der Waals surface area contributed by atoms with E-state index in [1.165, 1.54) is 13.1 Å². The van der Waals surface area contributed by atoms with Crippen molar-refractivity contribution in [1.82, 2.24) is 15.3 Å². The molecule has 0 aliphatic heterocycles. The Bertz CT molecular complexity index is 941. The van der Waals surface area contributed by atoms with Crippen molar-refractivity contribution in [3.05, 3.63) is 41.2 Å². The maximum atomic E-state index is 14.6. The highest BCUT2D eigenvalue weighted by Gasteiger charge is 2.22. The molecule has 2 aromatic rings. The number of pyridine rings is 2. The van der Waals surface area contributed by atoms with Gasteiger partial charge in [-0.15, -0.1) is 0 Å². The van der Waals surface area contributed by atoms with Crippen molar-refractivity contribution in [2.75, 3.05) is 10.6 Å². The maximum absolute atomic E-state index is 14.6. The molecule has 0 saturated carbocycles. The molecule has 0 saturated heterocycles. The lowest BCUT2D eigenvalue weighted by Crippen LogP contribution is -2.44. The van der Waals surface area contributed by atoms with Gasteiger partial charge in [0.05, 0.1) is 23.1 Å². The summed E-state index contributed by atoms with van der Waals surface area (Å²) >= 11 is 0. The van der Waals surface area contributed by atoms with E-state index in [9.17, 15) is 18.4 Å². The van der Waals surface area contributed by atoms with Crippen LogP contribution in [-0.4, -0.2) is 39.2 Å². The number of nitrogens with zero attached hydrogens (tertiary/aromatic N) is 2. The van der Waals surface area contributed by atoms with Crippen molar-refractivity contribution < 1.29 is 23.5 Å². The molecule has 0 bridgehead atoms. The highest BCUT2D eigenvalue weighted by Crippen LogP contribution is 2.25.